The maximum atomic E-state index is 13.8. The van der Waals surface area contributed by atoms with Gasteiger partial charge in [0.05, 0.1) is 47.6 Å². The summed E-state index contributed by atoms with van der Waals surface area (Å²) in [6.45, 7) is 3.57. The monoisotopic (exact) mass is 575 g/mol. The zero-order valence-electron chi connectivity index (χ0n) is 22.6. The van der Waals surface area contributed by atoms with E-state index in [1.165, 1.54) is 30.9 Å². The lowest BCUT2D eigenvalue weighted by Crippen LogP contribution is -2.39. The Kier molecular flexibility index (Phi) is 7.58. The number of carbonyl (C=O) groups excluding carboxylic acids is 1. The highest BCUT2D eigenvalue weighted by Crippen LogP contribution is 2.36. The smallest absolute Gasteiger partial charge is 0.338 e. The van der Waals surface area contributed by atoms with E-state index in [9.17, 15) is 19.7 Å². The third-order valence-corrected chi connectivity index (χ3v) is 7.46. The average Bonchev–Trinajstić information content (AvgIpc) is 3.56. The number of furan rings is 1. The Bertz CT molecular complexity index is 1880. The first-order valence-electron chi connectivity index (χ1n) is 12.5. The number of ether oxygens (including phenoxy) is 3. The van der Waals surface area contributed by atoms with Crippen LogP contribution in [0, 0.1) is 10.1 Å². The molecular formula is C29H25N3O8S. The molecule has 1 aliphatic heterocycles. The van der Waals surface area contributed by atoms with Crippen molar-refractivity contribution in [2.24, 2.45) is 4.99 Å². The van der Waals surface area contributed by atoms with Gasteiger partial charge in [0.1, 0.15) is 11.5 Å². The van der Waals surface area contributed by atoms with Crippen LogP contribution in [0.15, 0.2) is 80.1 Å². The molecule has 4 aromatic rings. The van der Waals surface area contributed by atoms with Crippen molar-refractivity contribution in [3.63, 3.8) is 0 Å². The van der Waals surface area contributed by atoms with E-state index >= 15 is 0 Å². The van der Waals surface area contributed by atoms with Crippen molar-refractivity contribution in [2.45, 2.75) is 19.9 Å². The number of benzene rings is 2. The number of carbonyl (C=O) groups is 1. The van der Waals surface area contributed by atoms with Gasteiger partial charge in [0.25, 0.3) is 11.2 Å². The van der Waals surface area contributed by atoms with Crippen molar-refractivity contribution in [1.29, 1.82) is 0 Å². The molecule has 0 spiro atoms. The molecule has 0 N–H and O–H groups in total. The topological polar surface area (TPSA) is 135 Å². The third kappa shape index (κ3) is 5.16. The molecule has 0 saturated carbocycles. The Balaban J connectivity index is 1.64. The average molecular weight is 576 g/mol. The van der Waals surface area contributed by atoms with Crippen LogP contribution in [-0.4, -0.2) is 36.3 Å². The Morgan fingerprint density at radius 3 is 2.63 bits per heavy atom. The summed E-state index contributed by atoms with van der Waals surface area (Å²) in [5.41, 5.74) is 1.38. The first-order valence-corrected chi connectivity index (χ1v) is 13.3. The number of nitro groups is 1. The van der Waals surface area contributed by atoms with Gasteiger partial charge in [-0.15, -0.1) is 0 Å². The second-order valence-electron chi connectivity index (χ2n) is 8.93. The van der Waals surface area contributed by atoms with E-state index in [-0.39, 0.29) is 23.4 Å². The van der Waals surface area contributed by atoms with Crippen LogP contribution >= 0.6 is 11.3 Å². The van der Waals surface area contributed by atoms with Gasteiger partial charge in [-0.25, -0.2) is 9.79 Å². The highest BCUT2D eigenvalue weighted by molar-refractivity contribution is 7.07. The zero-order chi connectivity index (χ0) is 29.3. The lowest BCUT2D eigenvalue weighted by Gasteiger charge is -2.25. The van der Waals surface area contributed by atoms with Gasteiger partial charge in [0.2, 0.25) is 0 Å². The number of allylic oxidation sites excluding steroid dienone is 1. The standard InChI is InChI=1S/C29H25N3O8S/c1-5-39-28(34)25-16(2)30-29-31(26(25)18-9-11-22(37-3)23(14-18)38-4)27(33)24(41-29)15-20-10-12-21(40-20)17-7-6-8-19(13-17)32(35)36/h6-15,26H,5H2,1-4H3/b24-15+/t26-/m1/s1. The second-order valence-corrected chi connectivity index (χ2v) is 9.94. The number of non-ortho nitro benzene ring substituents is 1. The van der Waals surface area contributed by atoms with E-state index in [0.717, 1.165) is 11.3 Å². The number of fused-ring (bicyclic) bond motifs is 1. The number of aromatic nitrogens is 1. The van der Waals surface area contributed by atoms with Gasteiger partial charge in [0, 0.05) is 23.8 Å². The second kappa shape index (κ2) is 11.3. The summed E-state index contributed by atoms with van der Waals surface area (Å²) in [6.07, 6.45) is 1.58. The summed E-state index contributed by atoms with van der Waals surface area (Å²) in [5, 5.41) is 11.2. The number of hydrogen-bond acceptors (Lipinski definition) is 10. The van der Waals surface area contributed by atoms with Gasteiger partial charge in [-0.2, -0.15) is 0 Å². The van der Waals surface area contributed by atoms with E-state index in [1.807, 2.05) is 0 Å². The summed E-state index contributed by atoms with van der Waals surface area (Å²) < 4.78 is 23.9. The quantitative estimate of drug-likeness (QED) is 0.175. The molecule has 1 aliphatic rings. The number of thiazole rings is 1. The molecule has 12 heteroatoms. The maximum Gasteiger partial charge on any atom is 0.338 e. The minimum atomic E-state index is -0.829. The Hall–Kier alpha value is -4.97. The highest BCUT2D eigenvalue weighted by atomic mass is 32.1. The number of rotatable bonds is 8. The fourth-order valence-corrected chi connectivity index (χ4v) is 5.64. The van der Waals surface area contributed by atoms with Gasteiger partial charge >= 0.3 is 5.97 Å². The van der Waals surface area contributed by atoms with Crippen LogP contribution < -0.4 is 24.4 Å². The van der Waals surface area contributed by atoms with Crippen LogP contribution in [0.1, 0.15) is 31.2 Å². The van der Waals surface area contributed by atoms with E-state index in [4.69, 9.17) is 18.6 Å². The number of methoxy groups -OCH3 is 2. The van der Waals surface area contributed by atoms with Gasteiger partial charge in [-0.3, -0.25) is 19.5 Å². The SMILES string of the molecule is CCOC(=O)C1=C(C)N=c2s/c(=C/c3ccc(-c4cccc([N+](=O)[O-])c4)o3)c(=O)n2[C@@H]1c1ccc(OC)c(OC)c1. The molecule has 0 amide bonds. The summed E-state index contributed by atoms with van der Waals surface area (Å²) in [5.74, 6) is 1.15. The molecule has 2 aromatic carbocycles. The predicted molar refractivity (Wildman–Crippen MR) is 151 cm³/mol. The fourth-order valence-electron chi connectivity index (χ4n) is 4.62. The maximum absolute atomic E-state index is 13.8. The molecule has 1 atom stereocenters. The minimum Gasteiger partial charge on any atom is -0.493 e. The molecule has 0 aliphatic carbocycles. The first-order chi connectivity index (χ1) is 19.7. The lowest BCUT2D eigenvalue weighted by atomic mass is 9.95. The van der Waals surface area contributed by atoms with E-state index in [2.05, 4.69) is 4.99 Å². The molecule has 2 aromatic heterocycles. The molecule has 0 radical (unpaired) electrons. The Morgan fingerprint density at radius 1 is 1.15 bits per heavy atom. The van der Waals surface area contributed by atoms with Crippen molar-refractivity contribution < 1.29 is 28.3 Å². The number of nitrogens with zero attached hydrogens (tertiary/aromatic N) is 3. The van der Waals surface area contributed by atoms with Crippen molar-refractivity contribution >= 4 is 29.1 Å². The highest BCUT2D eigenvalue weighted by Gasteiger charge is 2.34. The summed E-state index contributed by atoms with van der Waals surface area (Å²) in [4.78, 5) is 42.6. The van der Waals surface area contributed by atoms with Crippen molar-refractivity contribution in [2.75, 3.05) is 20.8 Å². The van der Waals surface area contributed by atoms with Crippen LogP contribution in [0.2, 0.25) is 0 Å². The molecule has 0 unspecified atom stereocenters. The Morgan fingerprint density at radius 2 is 1.93 bits per heavy atom. The number of hydrogen-bond donors (Lipinski definition) is 0. The van der Waals surface area contributed by atoms with Crippen LogP contribution in [0.3, 0.4) is 0 Å². The van der Waals surface area contributed by atoms with Crippen LogP contribution in [0.5, 0.6) is 11.5 Å². The molecule has 5 rings (SSSR count). The molecule has 210 valence electrons. The van der Waals surface area contributed by atoms with Gasteiger partial charge in [-0.05, 0) is 43.7 Å². The van der Waals surface area contributed by atoms with Crippen molar-refractivity contribution in [3.05, 3.63) is 107 Å². The molecule has 0 saturated heterocycles. The van der Waals surface area contributed by atoms with Gasteiger partial charge < -0.3 is 18.6 Å². The van der Waals surface area contributed by atoms with Crippen LogP contribution in [0.4, 0.5) is 5.69 Å². The van der Waals surface area contributed by atoms with Gasteiger partial charge in [0.15, 0.2) is 16.3 Å². The summed E-state index contributed by atoms with van der Waals surface area (Å²) in [7, 11) is 3.03. The van der Waals surface area contributed by atoms with Crippen LogP contribution in [-0.2, 0) is 9.53 Å². The Labute approximate surface area is 237 Å². The molecule has 11 nitrogen and oxygen atoms in total. The predicted octanol–water partition coefficient (Wildman–Crippen LogP) is 3.98. The fraction of sp³-hybridized carbons (Fsp3) is 0.207. The van der Waals surface area contributed by atoms with Crippen molar-refractivity contribution in [1.82, 2.24) is 4.57 Å². The van der Waals surface area contributed by atoms with Crippen molar-refractivity contribution in [3.8, 4) is 22.8 Å². The largest absolute Gasteiger partial charge is 0.493 e. The number of esters is 1. The summed E-state index contributed by atoms with van der Waals surface area (Å²) >= 11 is 1.15. The molecule has 0 bridgehead atoms. The van der Waals surface area contributed by atoms with E-state index < -0.39 is 16.9 Å². The third-order valence-electron chi connectivity index (χ3n) is 6.48. The molecular weight excluding hydrogens is 550 g/mol. The van der Waals surface area contributed by atoms with Gasteiger partial charge in [-0.1, -0.05) is 29.5 Å². The normalized spacial score (nSPS) is 14.8. The summed E-state index contributed by atoms with van der Waals surface area (Å²) in [6, 6.07) is 13.8. The minimum absolute atomic E-state index is 0.0586. The van der Waals surface area contributed by atoms with E-state index in [0.29, 0.717) is 49.2 Å². The lowest BCUT2D eigenvalue weighted by molar-refractivity contribution is -0.384. The molecule has 41 heavy (non-hydrogen) atoms. The molecule has 0 fully saturated rings. The number of nitro benzene ring substituents is 1. The van der Waals surface area contributed by atoms with E-state index in [1.54, 1.807) is 62.4 Å². The first kappa shape index (κ1) is 27.6. The molecule has 3 heterocycles. The zero-order valence-corrected chi connectivity index (χ0v) is 23.4. The van der Waals surface area contributed by atoms with Crippen LogP contribution in [0.25, 0.3) is 17.4 Å².